The molecule has 130 valence electrons. The lowest BCUT2D eigenvalue weighted by molar-refractivity contribution is -0.0511. The van der Waals surface area contributed by atoms with Crippen LogP contribution in [0.3, 0.4) is 0 Å². The highest BCUT2D eigenvalue weighted by atomic mass is 32.1. The van der Waals surface area contributed by atoms with Crippen LogP contribution in [0.25, 0.3) is 10.1 Å². The predicted molar refractivity (Wildman–Crippen MR) is 89.4 cm³/mol. The van der Waals surface area contributed by atoms with Gasteiger partial charge >= 0.3 is 6.61 Å². The lowest BCUT2D eigenvalue weighted by Crippen LogP contribution is -2.11. The number of thiophene rings is 1. The second-order valence-electron chi connectivity index (χ2n) is 4.96. The third kappa shape index (κ3) is 3.69. The summed E-state index contributed by atoms with van der Waals surface area (Å²) in [5.41, 5.74) is 0.249. The first kappa shape index (κ1) is 17.1. The van der Waals surface area contributed by atoms with Crippen LogP contribution in [-0.2, 0) is 0 Å². The summed E-state index contributed by atoms with van der Waals surface area (Å²) in [6.07, 6.45) is 0. The fourth-order valence-corrected chi connectivity index (χ4v) is 3.24. The van der Waals surface area contributed by atoms with Gasteiger partial charge in [-0.15, -0.1) is 11.3 Å². The Balaban J connectivity index is 1.85. The van der Waals surface area contributed by atoms with E-state index in [1.165, 1.54) is 37.4 Å². The first-order valence-electron chi connectivity index (χ1n) is 7.10. The summed E-state index contributed by atoms with van der Waals surface area (Å²) in [5.74, 6) is -0.974. The average molecular weight is 367 g/mol. The number of rotatable bonds is 5. The van der Waals surface area contributed by atoms with Gasteiger partial charge in [-0.1, -0.05) is 6.07 Å². The second-order valence-corrected chi connectivity index (χ2v) is 6.04. The molecule has 1 heterocycles. The van der Waals surface area contributed by atoms with E-state index in [-0.39, 0.29) is 17.2 Å². The minimum absolute atomic E-state index is 0.113. The van der Waals surface area contributed by atoms with Crippen molar-refractivity contribution in [2.45, 2.75) is 6.61 Å². The Morgan fingerprint density at radius 1 is 1.16 bits per heavy atom. The molecule has 3 rings (SSSR count). The van der Waals surface area contributed by atoms with E-state index in [0.717, 1.165) is 11.3 Å². The van der Waals surface area contributed by atoms with Crippen molar-refractivity contribution in [1.82, 2.24) is 0 Å². The van der Waals surface area contributed by atoms with E-state index in [1.807, 2.05) is 0 Å². The summed E-state index contributed by atoms with van der Waals surface area (Å²) in [4.78, 5) is 12.6. The fourth-order valence-electron chi connectivity index (χ4n) is 2.27. The zero-order chi connectivity index (χ0) is 18.0. The molecule has 0 saturated heterocycles. The minimum atomic E-state index is -3.02. The maximum atomic E-state index is 13.7. The molecule has 0 aliphatic rings. The van der Waals surface area contributed by atoms with Crippen molar-refractivity contribution in [3.05, 3.63) is 53.2 Å². The van der Waals surface area contributed by atoms with Gasteiger partial charge < -0.3 is 14.8 Å². The van der Waals surface area contributed by atoms with Crippen LogP contribution >= 0.6 is 11.3 Å². The quantitative estimate of drug-likeness (QED) is 0.698. The van der Waals surface area contributed by atoms with E-state index in [0.29, 0.717) is 15.0 Å². The molecule has 0 aliphatic carbocycles. The van der Waals surface area contributed by atoms with E-state index in [2.05, 4.69) is 10.1 Å². The van der Waals surface area contributed by atoms with E-state index in [1.54, 1.807) is 12.1 Å². The largest absolute Gasteiger partial charge is 0.493 e. The van der Waals surface area contributed by atoms with Crippen LogP contribution in [0.5, 0.6) is 11.5 Å². The summed E-state index contributed by atoms with van der Waals surface area (Å²) in [6, 6.07) is 10.2. The number of halogens is 3. The summed E-state index contributed by atoms with van der Waals surface area (Å²) >= 11 is 1.13. The molecule has 0 aliphatic heterocycles. The number of fused-ring (bicyclic) bond motifs is 1. The molecule has 8 heteroatoms. The standard InChI is InChI=1S/C17H12F3NO3S/c1-23-12-6-5-9(7-13(12)24-17(19)20)21-16(22)15-8-10-11(18)3-2-4-14(10)25-15/h2-8,17H,1H3,(H,21,22). The number of benzene rings is 2. The summed E-state index contributed by atoms with van der Waals surface area (Å²) in [6.45, 7) is -3.02. The molecule has 4 nitrogen and oxygen atoms in total. The van der Waals surface area contributed by atoms with Gasteiger partial charge in [0.15, 0.2) is 11.5 Å². The van der Waals surface area contributed by atoms with Crippen molar-refractivity contribution in [2.24, 2.45) is 0 Å². The molecule has 0 atom stereocenters. The van der Waals surface area contributed by atoms with Crippen LogP contribution in [0, 0.1) is 5.82 Å². The van der Waals surface area contributed by atoms with Crippen molar-refractivity contribution in [3.8, 4) is 11.5 Å². The molecule has 1 aromatic heterocycles. The van der Waals surface area contributed by atoms with Crippen molar-refractivity contribution < 1.29 is 27.4 Å². The number of carbonyl (C=O) groups is 1. The molecule has 0 saturated carbocycles. The van der Waals surface area contributed by atoms with Crippen LogP contribution < -0.4 is 14.8 Å². The third-order valence-corrected chi connectivity index (χ3v) is 4.47. The minimum Gasteiger partial charge on any atom is -0.493 e. The third-order valence-electron chi connectivity index (χ3n) is 3.37. The number of methoxy groups -OCH3 is 1. The Kier molecular flexibility index (Phi) is 4.80. The van der Waals surface area contributed by atoms with Gasteiger partial charge in [0.05, 0.1) is 12.0 Å². The highest BCUT2D eigenvalue weighted by molar-refractivity contribution is 7.20. The number of alkyl halides is 2. The number of ether oxygens (including phenoxy) is 2. The zero-order valence-corrected chi connectivity index (χ0v) is 13.7. The van der Waals surface area contributed by atoms with Gasteiger partial charge in [0.1, 0.15) is 5.82 Å². The Morgan fingerprint density at radius 2 is 1.96 bits per heavy atom. The number of carbonyl (C=O) groups excluding carboxylic acids is 1. The van der Waals surface area contributed by atoms with E-state index >= 15 is 0 Å². The molecule has 0 unspecified atom stereocenters. The highest BCUT2D eigenvalue weighted by Gasteiger charge is 2.15. The number of hydrogen-bond acceptors (Lipinski definition) is 4. The van der Waals surface area contributed by atoms with Crippen molar-refractivity contribution in [1.29, 1.82) is 0 Å². The summed E-state index contributed by atoms with van der Waals surface area (Å²) in [7, 11) is 1.32. The zero-order valence-electron chi connectivity index (χ0n) is 12.9. The van der Waals surface area contributed by atoms with Gasteiger partial charge in [-0.05, 0) is 30.3 Å². The van der Waals surface area contributed by atoms with Crippen LogP contribution in [0.2, 0.25) is 0 Å². The maximum absolute atomic E-state index is 13.7. The molecule has 1 N–H and O–H groups in total. The molecule has 0 bridgehead atoms. The Hall–Kier alpha value is -2.74. The smallest absolute Gasteiger partial charge is 0.387 e. The van der Waals surface area contributed by atoms with Gasteiger partial charge in [0, 0.05) is 21.8 Å². The monoisotopic (exact) mass is 367 g/mol. The molecule has 0 fully saturated rings. The lowest BCUT2D eigenvalue weighted by atomic mass is 10.2. The average Bonchev–Trinajstić information content (AvgIpc) is 3.00. The maximum Gasteiger partial charge on any atom is 0.387 e. The molecule has 0 radical (unpaired) electrons. The molecular weight excluding hydrogens is 355 g/mol. The number of nitrogens with one attached hydrogen (secondary N) is 1. The van der Waals surface area contributed by atoms with Gasteiger partial charge in [-0.2, -0.15) is 8.78 Å². The van der Waals surface area contributed by atoms with E-state index in [9.17, 15) is 18.0 Å². The number of anilines is 1. The highest BCUT2D eigenvalue weighted by Crippen LogP contribution is 2.32. The summed E-state index contributed by atoms with van der Waals surface area (Å²) < 4.78 is 48.6. The first-order valence-corrected chi connectivity index (χ1v) is 7.92. The first-order chi connectivity index (χ1) is 12.0. The molecular formula is C17H12F3NO3S. The van der Waals surface area contributed by atoms with Gasteiger partial charge in [0.2, 0.25) is 0 Å². The van der Waals surface area contributed by atoms with Crippen molar-refractivity contribution in [3.63, 3.8) is 0 Å². The van der Waals surface area contributed by atoms with Crippen molar-refractivity contribution >= 4 is 33.0 Å². The molecule has 3 aromatic rings. The molecule has 1 amide bonds. The molecule has 2 aromatic carbocycles. The SMILES string of the molecule is COc1ccc(NC(=O)c2cc3c(F)cccc3s2)cc1OC(F)F. The van der Waals surface area contributed by atoms with Crippen LogP contribution in [-0.4, -0.2) is 19.6 Å². The second kappa shape index (κ2) is 7.02. The Bertz CT molecular complexity index is 927. The number of hydrogen-bond donors (Lipinski definition) is 1. The topological polar surface area (TPSA) is 47.6 Å². The lowest BCUT2D eigenvalue weighted by Gasteiger charge is -2.11. The van der Waals surface area contributed by atoms with E-state index < -0.39 is 18.3 Å². The Labute approximate surface area is 144 Å². The van der Waals surface area contributed by atoms with Crippen LogP contribution in [0.1, 0.15) is 9.67 Å². The van der Waals surface area contributed by atoms with Crippen molar-refractivity contribution in [2.75, 3.05) is 12.4 Å². The Morgan fingerprint density at radius 3 is 2.64 bits per heavy atom. The molecule has 25 heavy (non-hydrogen) atoms. The molecule has 0 spiro atoms. The van der Waals surface area contributed by atoms with Gasteiger partial charge in [0.25, 0.3) is 5.91 Å². The van der Waals surface area contributed by atoms with Crippen LogP contribution in [0.15, 0.2) is 42.5 Å². The fraction of sp³-hybridized carbons (Fsp3) is 0.118. The van der Waals surface area contributed by atoms with Gasteiger partial charge in [-0.3, -0.25) is 4.79 Å². The number of amides is 1. The van der Waals surface area contributed by atoms with Crippen LogP contribution in [0.4, 0.5) is 18.9 Å². The van der Waals surface area contributed by atoms with E-state index in [4.69, 9.17) is 4.74 Å². The summed E-state index contributed by atoms with van der Waals surface area (Å²) in [5, 5.41) is 2.93. The van der Waals surface area contributed by atoms with Gasteiger partial charge in [-0.25, -0.2) is 4.39 Å². The normalized spacial score (nSPS) is 10.9. The predicted octanol–water partition coefficient (Wildman–Crippen LogP) is 4.90.